The van der Waals surface area contributed by atoms with Gasteiger partial charge in [-0.1, -0.05) is 51.6 Å². The van der Waals surface area contributed by atoms with Crippen molar-refractivity contribution in [1.82, 2.24) is 25.8 Å². The first kappa shape index (κ1) is 34.5. The van der Waals surface area contributed by atoms with Crippen molar-refractivity contribution in [3.8, 4) is 5.88 Å². The highest BCUT2D eigenvalue weighted by molar-refractivity contribution is 6.38. The minimum atomic E-state index is -1.02. The molecule has 4 atom stereocenters. The Morgan fingerprint density at radius 3 is 2.24 bits per heavy atom. The summed E-state index contributed by atoms with van der Waals surface area (Å²) in [6.45, 7) is 10.6. The second-order valence-corrected chi connectivity index (χ2v) is 14.9. The third-order valence-electron chi connectivity index (χ3n) is 8.20. The first-order chi connectivity index (χ1) is 21.0. The predicted octanol–water partition coefficient (Wildman–Crippen LogP) is 3.75. The van der Waals surface area contributed by atoms with Gasteiger partial charge in [0.2, 0.25) is 23.5 Å². The second kappa shape index (κ2) is 13.9. The minimum Gasteiger partial charge on any atom is -0.453 e. The maximum absolute atomic E-state index is 14.1. The third-order valence-corrected chi connectivity index (χ3v) is 8.42. The van der Waals surface area contributed by atoms with Crippen molar-refractivity contribution in [2.24, 2.45) is 17.3 Å². The Morgan fingerprint density at radius 1 is 1.02 bits per heavy atom. The van der Waals surface area contributed by atoms with Gasteiger partial charge in [-0.2, -0.15) is 0 Å². The van der Waals surface area contributed by atoms with Crippen molar-refractivity contribution >= 4 is 41.2 Å². The molecule has 13 heteroatoms. The zero-order valence-electron chi connectivity index (χ0n) is 27.0. The molecule has 2 heterocycles. The number of aromatic nitrogens is 1. The van der Waals surface area contributed by atoms with E-state index in [9.17, 15) is 24.0 Å². The summed E-state index contributed by atoms with van der Waals surface area (Å²) in [7, 11) is 0. The molecule has 3 N–H and O–H groups in total. The largest absolute Gasteiger partial charge is 0.453 e. The predicted molar refractivity (Wildman–Crippen MR) is 166 cm³/mol. The van der Waals surface area contributed by atoms with Gasteiger partial charge in [0.05, 0.1) is 17.0 Å². The fourth-order valence-electron chi connectivity index (χ4n) is 5.37. The average molecular weight is 648 g/mol. The summed E-state index contributed by atoms with van der Waals surface area (Å²) in [6, 6.07) is 1.20. The van der Waals surface area contributed by atoms with E-state index in [4.69, 9.17) is 21.1 Å². The molecule has 0 unspecified atom stereocenters. The molecule has 2 saturated carbocycles. The summed E-state index contributed by atoms with van der Waals surface area (Å²) >= 11 is 5.99. The van der Waals surface area contributed by atoms with Gasteiger partial charge in [-0.25, -0.2) is 9.78 Å². The highest BCUT2D eigenvalue weighted by Crippen LogP contribution is 2.33. The standard InChI is InChI=1S/C32H46ClN5O7/c1-31(2,3)26(37-30(43)45-32(4,5)6)29(42)38-17-19(15-24(38)44-23-13-10-20(33)16-34-23)27(40)36-22(14-18-8-7-9-18)25(39)28(41)35-21-11-12-21/h10,13,16,18-19,21-22,24,26H,7-9,11-12,14-15,17H2,1-6H3,(H,35,41)(H,36,40)(H,37,43)/t19-,22+,24+,26-/m1/s1. The summed E-state index contributed by atoms with van der Waals surface area (Å²) < 4.78 is 11.5. The number of alkyl carbamates (subject to hydrolysis) is 1. The van der Waals surface area contributed by atoms with E-state index in [0.29, 0.717) is 11.4 Å². The molecule has 1 aromatic heterocycles. The van der Waals surface area contributed by atoms with Crippen molar-refractivity contribution in [2.45, 2.75) is 116 Å². The normalized spacial score (nSPS) is 21.6. The molecule has 2 aliphatic carbocycles. The van der Waals surface area contributed by atoms with Gasteiger partial charge in [0.25, 0.3) is 5.91 Å². The molecule has 1 aromatic rings. The summed E-state index contributed by atoms with van der Waals surface area (Å²) in [4.78, 5) is 72.0. The molecular weight excluding hydrogens is 602 g/mol. The molecule has 1 aliphatic heterocycles. The Kier molecular flexibility index (Phi) is 10.7. The molecular formula is C32H46ClN5O7. The Morgan fingerprint density at radius 2 is 1.71 bits per heavy atom. The Balaban J connectivity index is 1.54. The molecule has 4 rings (SSSR count). The van der Waals surface area contributed by atoms with Crippen LogP contribution in [0.1, 0.15) is 86.5 Å². The number of halogens is 1. The molecule has 3 fully saturated rings. The Labute approximate surface area is 269 Å². The van der Waals surface area contributed by atoms with E-state index in [2.05, 4.69) is 20.9 Å². The number of hydrogen-bond donors (Lipinski definition) is 3. The Bertz CT molecular complexity index is 1270. The van der Waals surface area contributed by atoms with E-state index in [0.717, 1.165) is 32.1 Å². The maximum Gasteiger partial charge on any atom is 0.408 e. The van der Waals surface area contributed by atoms with E-state index in [-0.39, 0.29) is 30.8 Å². The number of ether oxygens (including phenoxy) is 2. The lowest BCUT2D eigenvalue weighted by Crippen LogP contribution is -2.57. The molecule has 45 heavy (non-hydrogen) atoms. The van der Waals surface area contributed by atoms with Crippen molar-refractivity contribution in [1.29, 1.82) is 0 Å². The smallest absolute Gasteiger partial charge is 0.408 e. The summed E-state index contributed by atoms with van der Waals surface area (Å²) in [5, 5.41) is 8.68. The number of likely N-dealkylation sites (tertiary alicyclic amines) is 1. The van der Waals surface area contributed by atoms with E-state index in [1.54, 1.807) is 32.9 Å². The Hall–Kier alpha value is -3.41. The van der Waals surface area contributed by atoms with Gasteiger partial charge in [0, 0.05) is 31.3 Å². The van der Waals surface area contributed by atoms with Gasteiger partial charge >= 0.3 is 6.09 Å². The van der Waals surface area contributed by atoms with Crippen LogP contribution >= 0.6 is 11.6 Å². The lowest BCUT2D eigenvalue weighted by Gasteiger charge is -2.35. The van der Waals surface area contributed by atoms with Crippen LogP contribution in [0.3, 0.4) is 0 Å². The minimum absolute atomic E-state index is 0.0142. The fourth-order valence-corrected chi connectivity index (χ4v) is 5.48. The molecule has 1 saturated heterocycles. The summed E-state index contributed by atoms with van der Waals surface area (Å²) in [5.41, 5.74) is -1.51. The van der Waals surface area contributed by atoms with Crippen LogP contribution in [0.4, 0.5) is 4.79 Å². The zero-order chi connectivity index (χ0) is 33.1. The van der Waals surface area contributed by atoms with Crippen LogP contribution in [0.25, 0.3) is 0 Å². The van der Waals surface area contributed by atoms with Gasteiger partial charge in [-0.05, 0) is 57.4 Å². The van der Waals surface area contributed by atoms with Crippen molar-refractivity contribution in [3.05, 3.63) is 23.4 Å². The number of ketones is 1. The van der Waals surface area contributed by atoms with Crippen LogP contribution in [0, 0.1) is 17.3 Å². The topological polar surface area (TPSA) is 156 Å². The van der Waals surface area contributed by atoms with Crippen LogP contribution in [0.2, 0.25) is 5.02 Å². The number of amides is 4. The van der Waals surface area contributed by atoms with Gasteiger partial charge < -0.3 is 30.3 Å². The number of carbonyl (C=O) groups excluding carboxylic acids is 5. The van der Waals surface area contributed by atoms with E-state index < -0.39 is 64.8 Å². The van der Waals surface area contributed by atoms with Crippen LogP contribution < -0.4 is 20.7 Å². The molecule has 0 radical (unpaired) electrons. The number of nitrogens with zero attached hydrogens (tertiary/aromatic N) is 2. The third kappa shape index (κ3) is 9.79. The molecule has 4 amide bonds. The van der Waals surface area contributed by atoms with E-state index >= 15 is 0 Å². The molecule has 248 valence electrons. The van der Waals surface area contributed by atoms with Crippen molar-refractivity contribution < 1.29 is 33.4 Å². The van der Waals surface area contributed by atoms with Gasteiger partial charge in [-0.15, -0.1) is 0 Å². The molecule has 12 nitrogen and oxygen atoms in total. The van der Waals surface area contributed by atoms with E-state index in [1.807, 2.05) is 20.8 Å². The molecule has 0 spiro atoms. The molecule has 3 aliphatic rings. The average Bonchev–Trinajstić information content (AvgIpc) is 3.63. The number of carbonyl (C=O) groups is 5. The molecule has 0 bridgehead atoms. The first-order valence-corrected chi connectivity index (χ1v) is 16.1. The number of pyridine rings is 1. The van der Waals surface area contributed by atoms with Crippen LogP contribution in [0.15, 0.2) is 18.3 Å². The number of hydrogen-bond acceptors (Lipinski definition) is 8. The fraction of sp³-hybridized carbons (Fsp3) is 0.688. The second-order valence-electron chi connectivity index (χ2n) is 14.5. The summed E-state index contributed by atoms with van der Waals surface area (Å²) in [5.74, 6) is -2.54. The summed E-state index contributed by atoms with van der Waals surface area (Å²) in [6.07, 6.45) is 4.86. The van der Waals surface area contributed by atoms with Crippen molar-refractivity contribution in [3.63, 3.8) is 0 Å². The number of rotatable bonds is 11. The van der Waals surface area contributed by atoms with Gasteiger partial charge in [-0.3, -0.25) is 19.2 Å². The van der Waals surface area contributed by atoms with Crippen LogP contribution in [0.5, 0.6) is 5.88 Å². The first-order valence-electron chi connectivity index (χ1n) is 15.7. The lowest BCUT2D eigenvalue weighted by atomic mass is 9.80. The quantitative estimate of drug-likeness (QED) is 0.307. The number of nitrogens with one attached hydrogen (secondary N) is 3. The zero-order valence-corrected chi connectivity index (χ0v) is 27.7. The van der Waals surface area contributed by atoms with Crippen LogP contribution in [-0.2, 0) is 23.9 Å². The highest BCUT2D eigenvalue weighted by atomic mass is 35.5. The SMILES string of the molecule is CC(C)(C)OC(=O)N[C@H](C(=O)N1C[C@H](C(=O)N[C@@H](CC2CCC2)C(=O)C(=O)NC2CC2)C[C@@H]1Oc1ccc(Cl)cn1)C(C)(C)C. The van der Waals surface area contributed by atoms with Gasteiger partial charge in [0.1, 0.15) is 11.6 Å². The maximum atomic E-state index is 14.1. The van der Waals surface area contributed by atoms with E-state index in [1.165, 1.54) is 11.1 Å². The van der Waals surface area contributed by atoms with Gasteiger partial charge in [0.15, 0.2) is 6.23 Å². The monoisotopic (exact) mass is 647 g/mol. The molecule has 0 aromatic carbocycles. The van der Waals surface area contributed by atoms with Crippen LogP contribution in [-0.4, -0.2) is 76.0 Å². The lowest BCUT2D eigenvalue weighted by molar-refractivity contribution is -0.142. The highest BCUT2D eigenvalue weighted by Gasteiger charge is 2.46. The van der Waals surface area contributed by atoms with Crippen molar-refractivity contribution in [2.75, 3.05) is 6.54 Å². The number of Topliss-reactive ketones (excluding diaryl/α,β-unsaturated/α-hetero) is 1.